The summed E-state index contributed by atoms with van der Waals surface area (Å²) in [7, 11) is 1.75. The topological polar surface area (TPSA) is 59.0 Å². The molecule has 0 aliphatic heterocycles. The van der Waals surface area contributed by atoms with Crippen molar-refractivity contribution in [1.82, 2.24) is 15.1 Å². The standard InChI is InChI=1S/C17H24N4O/c1-12-6-8-13(9-7-12)21-15(19-16(22)11-18-5)10-14(20-21)17(2,3)4/h6-10,18H,11H2,1-5H3,(H,19,22). The number of nitrogens with one attached hydrogen (secondary N) is 2. The number of benzene rings is 1. The van der Waals surface area contributed by atoms with E-state index in [1.165, 1.54) is 5.56 Å². The number of hydrogen-bond acceptors (Lipinski definition) is 3. The zero-order valence-electron chi connectivity index (χ0n) is 13.9. The Morgan fingerprint density at radius 1 is 1.23 bits per heavy atom. The molecule has 1 amide bonds. The van der Waals surface area contributed by atoms with E-state index in [2.05, 4.69) is 36.5 Å². The summed E-state index contributed by atoms with van der Waals surface area (Å²) in [6.07, 6.45) is 0. The SMILES string of the molecule is CNCC(=O)Nc1cc(C(C)(C)C)nn1-c1ccc(C)cc1. The summed E-state index contributed by atoms with van der Waals surface area (Å²) in [5, 5.41) is 10.4. The van der Waals surface area contributed by atoms with Crippen molar-refractivity contribution in [2.75, 3.05) is 18.9 Å². The molecular formula is C17H24N4O. The molecule has 1 aromatic heterocycles. The molecule has 2 rings (SSSR count). The maximum absolute atomic E-state index is 11.9. The minimum absolute atomic E-state index is 0.0849. The maximum atomic E-state index is 11.9. The molecule has 5 heteroatoms. The molecule has 1 heterocycles. The predicted octanol–water partition coefficient (Wildman–Crippen LogP) is 2.64. The molecule has 0 unspecified atom stereocenters. The van der Waals surface area contributed by atoms with Crippen molar-refractivity contribution < 1.29 is 4.79 Å². The highest BCUT2D eigenvalue weighted by atomic mass is 16.2. The molecular weight excluding hydrogens is 276 g/mol. The molecule has 2 aromatic rings. The van der Waals surface area contributed by atoms with Gasteiger partial charge in [0.1, 0.15) is 5.82 Å². The molecule has 0 spiro atoms. The lowest BCUT2D eigenvalue weighted by molar-refractivity contribution is -0.115. The van der Waals surface area contributed by atoms with Gasteiger partial charge in [-0.2, -0.15) is 5.10 Å². The number of carbonyl (C=O) groups is 1. The van der Waals surface area contributed by atoms with Crippen molar-refractivity contribution >= 4 is 11.7 Å². The first-order chi connectivity index (χ1) is 10.3. The van der Waals surface area contributed by atoms with E-state index in [0.717, 1.165) is 11.4 Å². The lowest BCUT2D eigenvalue weighted by Crippen LogP contribution is -2.26. The van der Waals surface area contributed by atoms with Gasteiger partial charge in [0.15, 0.2) is 0 Å². The molecule has 0 saturated heterocycles. The van der Waals surface area contributed by atoms with Crippen LogP contribution in [0.1, 0.15) is 32.0 Å². The van der Waals surface area contributed by atoms with Crippen LogP contribution in [0.2, 0.25) is 0 Å². The third kappa shape index (κ3) is 3.74. The van der Waals surface area contributed by atoms with Gasteiger partial charge >= 0.3 is 0 Å². The smallest absolute Gasteiger partial charge is 0.239 e. The molecule has 0 fully saturated rings. The molecule has 0 bridgehead atoms. The van der Waals surface area contributed by atoms with Crippen LogP contribution in [0.3, 0.4) is 0 Å². The largest absolute Gasteiger partial charge is 0.311 e. The summed E-state index contributed by atoms with van der Waals surface area (Å²) in [5.74, 6) is 0.602. The van der Waals surface area contributed by atoms with Crippen LogP contribution >= 0.6 is 0 Å². The van der Waals surface area contributed by atoms with Gasteiger partial charge in [-0.25, -0.2) is 4.68 Å². The molecule has 0 atom stereocenters. The molecule has 0 radical (unpaired) electrons. The maximum Gasteiger partial charge on any atom is 0.239 e. The minimum atomic E-state index is -0.0868. The van der Waals surface area contributed by atoms with E-state index in [9.17, 15) is 4.79 Å². The zero-order valence-corrected chi connectivity index (χ0v) is 13.9. The fourth-order valence-corrected chi connectivity index (χ4v) is 2.07. The van der Waals surface area contributed by atoms with E-state index >= 15 is 0 Å². The molecule has 0 aliphatic rings. The number of aromatic nitrogens is 2. The number of aryl methyl sites for hydroxylation is 1. The van der Waals surface area contributed by atoms with Crippen molar-refractivity contribution in [1.29, 1.82) is 0 Å². The van der Waals surface area contributed by atoms with Gasteiger partial charge in [-0.1, -0.05) is 38.5 Å². The van der Waals surface area contributed by atoms with E-state index in [1.807, 2.05) is 37.3 Å². The second kappa shape index (κ2) is 6.32. The van der Waals surface area contributed by atoms with Gasteiger partial charge in [0.05, 0.1) is 17.9 Å². The number of nitrogens with zero attached hydrogens (tertiary/aromatic N) is 2. The first-order valence-electron chi connectivity index (χ1n) is 7.43. The predicted molar refractivity (Wildman–Crippen MR) is 89.6 cm³/mol. The van der Waals surface area contributed by atoms with Crippen molar-refractivity contribution in [2.24, 2.45) is 0 Å². The Bertz CT molecular complexity index is 650. The van der Waals surface area contributed by atoms with Crippen molar-refractivity contribution in [2.45, 2.75) is 33.1 Å². The fraction of sp³-hybridized carbons (Fsp3) is 0.412. The van der Waals surface area contributed by atoms with Crippen LogP contribution in [-0.2, 0) is 10.2 Å². The van der Waals surface area contributed by atoms with Gasteiger partial charge in [0, 0.05) is 11.5 Å². The fourth-order valence-electron chi connectivity index (χ4n) is 2.07. The van der Waals surface area contributed by atoms with Crippen LogP contribution in [0, 0.1) is 6.92 Å². The van der Waals surface area contributed by atoms with Gasteiger partial charge < -0.3 is 10.6 Å². The van der Waals surface area contributed by atoms with Gasteiger partial charge in [0.2, 0.25) is 5.91 Å². The summed E-state index contributed by atoms with van der Waals surface area (Å²) in [6.45, 7) is 8.63. The quantitative estimate of drug-likeness (QED) is 0.912. The molecule has 118 valence electrons. The Labute approximate surface area is 131 Å². The summed E-state index contributed by atoms with van der Waals surface area (Å²) in [6, 6.07) is 10.0. The van der Waals surface area contributed by atoms with E-state index in [0.29, 0.717) is 5.82 Å². The highest BCUT2D eigenvalue weighted by molar-refractivity contribution is 5.91. The van der Waals surface area contributed by atoms with E-state index in [1.54, 1.807) is 11.7 Å². The van der Waals surface area contributed by atoms with Crippen molar-refractivity contribution in [3.63, 3.8) is 0 Å². The zero-order chi connectivity index (χ0) is 16.3. The van der Waals surface area contributed by atoms with Crippen LogP contribution in [0.5, 0.6) is 0 Å². The Kier molecular flexibility index (Phi) is 4.66. The van der Waals surface area contributed by atoms with E-state index in [4.69, 9.17) is 0 Å². The summed E-state index contributed by atoms with van der Waals surface area (Å²) in [5.41, 5.74) is 2.97. The van der Waals surface area contributed by atoms with Crippen LogP contribution in [0.25, 0.3) is 5.69 Å². The highest BCUT2D eigenvalue weighted by Gasteiger charge is 2.21. The lowest BCUT2D eigenvalue weighted by atomic mass is 9.92. The third-order valence-electron chi connectivity index (χ3n) is 3.36. The number of carbonyl (C=O) groups excluding carboxylic acids is 1. The number of amides is 1. The van der Waals surface area contributed by atoms with E-state index < -0.39 is 0 Å². The number of likely N-dealkylation sites (N-methyl/N-ethyl adjacent to an activating group) is 1. The van der Waals surface area contributed by atoms with Gasteiger partial charge in [-0.15, -0.1) is 0 Å². The Hall–Kier alpha value is -2.14. The molecule has 2 N–H and O–H groups in total. The average Bonchev–Trinajstić information content (AvgIpc) is 2.83. The van der Waals surface area contributed by atoms with Crippen molar-refractivity contribution in [3.05, 3.63) is 41.6 Å². The second-order valence-electron chi connectivity index (χ2n) is 6.49. The lowest BCUT2D eigenvalue weighted by Gasteiger charge is -2.14. The average molecular weight is 300 g/mol. The molecule has 22 heavy (non-hydrogen) atoms. The number of anilines is 1. The molecule has 5 nitrogen and oxygen atoms in total. The Balaban J connectivity index is 2.43. The summed E-state index contributed by atoms with van der Waals surface area (Å²) >= 11 is 0. The summed E-state index contributed by atoms with van der Waals surface area (Å²) in [4.78, 5) is 11.9. The summed E-state index contributed by atoms with van der Waals surface area (Å²) < 4.78 is 1.79. The van der Waals surface area contributed by atoms with Crippen LogP contribution in [-0.4, -0.2) is 29.3 Å². The first kappa shape index (κ1) is 16.2. The number of hydrogen-bond donors (Lipinski definition) is 2. The molecule has 0 aliphatic carbocycles. The first-order valence-corrected chi connectivity index (χ1v) is 7.43. The van der Waals surface area contributed by atoms with Crippen LogP contribution in [0.4, 0.5) is 5.82 Å². The van der Waals surface area contributed by atoms with Crippen LogP contribution < -0.4 is 10.6 Å². The van der Waals surface area contributed by atoms with Gasteiger partial charge in [-0.05, 0) is 26.1 Å². The normalized spacial score (nSPS) is 11.5. The Morgan fingerprint density at radius 3 is 2.41 bits per heavy atom. The minimum Gasteiger partial charge on any atom is -0.311 e. The Morgan fingerprint density at radius 2 is 1.86 bits per heavy atom. The number of rotatable bonds is 4. The monoisotopic (exact) mass is 300 g/mol. The van der Waals surface area contributed by atoms with Gasteiger partial charge in [0.25, 0.3) is 0 Å². The van der Waals surface area contributed by atoms with Gasteiger partial charge in [-0.3, -0.25) is 4.79 Å². The van der Waals surface area contributed by atoms with Crippen LogP contribution in [0.15, 0.2) is 30.3 Å². The van der Waals surface area contributed by atoms with Crippen molar-refractivity contribution in [3.8, 4) is 5.69 Å². The van der Waals surface area contributed by atoms with E-state index in [-0.39, 0.29) is 17.9 Å². The second-order valence-corrected chi connectivity index (χ2v) is 6.49. The molecule has 1 aromatic carbocycles. The highest BCUT2D eigenvalue weighted by Crippen LogP contribution is 2.26. The molecule has 0 saturated carbocycles. The third-order valence-corrected chi connectivity index (χ3v) is 3.36.